The van der Waals surface area contributed by atoms with E-state index in [1.54, 1.807) is 0 Å². The zero-order valence-corrected chi connectivity index (χ0v) is 14.1. The fourth-order valence-electron chi connectivity index (χ4n) is 2.49. The Kier molecular flexibility index (Phi) is 3.93. The lowest BCUT2D eigenvalue weighted by molar-refractivity contribution is 0.0944. The molecule has 1 aromatic carbocycles. The highest BCUT2D eigenvalue weighted by Gasteiger charge is 2.18. The molecule has 2 heterocycles. The average Bonchev–Trinajstić information content (AvgIpc) is 3.02. The van der Waals surface area contributed by atoms with Crippen LogP contribution in [0.5, 0.6) is 0 Å². The zero-order valence-electron chi connectivity index (χ0n) is 12.6. The second kappa shape index (κ2) is 5.74. The fourth-order valence-corrected chi connectivity index (χ4v) is 3.81. The Morgan fingerprint density at radius 2 is 2.14 bits per heavy atom. The molecular weight excluding hydrogens is 318 g/mol. The van der Waals surface area contributed by atoms with Crippen LogP contribution in [0.15, 0.2) is 30.3 Å². The molecule has 114 valence electrons. The summed E-state index contributed by atoms with van der Waals surface area (Å²) in [6.07, 6.45) is 0. The zero-order chi connectivity index (χ0) is 15.9. The molecular formula is C16H16ClN3OS. The van der Waals surface area contributed by atoms with Gasteiger partial charge in [-0.2, -0.15) is 5.10 Å². The monoisotopic (exact) mass is 333 g/mol. The summed E-state index contributed by atoms with van der Waals surface area (Å²) in [5.41, 5.74) is 1.85. The number of aromatic nitrogens is 2. The first-order chi connectivity index (χ1) is 10.5. The first-order valence-electron chi connectivity index (χ1n) is 6.96. The lowest BCUT2D eigenvalue weighted by Crippen LogP contribution is -2.26. The maximum Gasteiger partial charge on any atom is 0.261 e. The summed E-state index contributed by atoms with van der Waals surface area (Å²) in [6.45, 7) is 3.88. The number of aryl methyl sites for hydroxylation is 2. The van der Waals surface area contributed by atoms with Gasteiger partial charge in [0.05, 0.1) is 16.6 Å². The van der Waals surface area contributed by atoms with Gasteiger partial charge in [-0.1, -0.05) is 29.8 Å². The molecule has 22 heavy (non-hydrogen) atoms. The number of nitrogens with one attached hydrogen (secondary N) is 1. The molecule has 1 atom stereocenters. The summed E-state index contributed by atoms with van der Waals surface area (Å²) in [7, 11) is 1.89. The van der Waals surface area contributed by atoms with Gasteiger partial charge in [0, 0.05) is 17.5 Å². The van der Waals surface area contributed by atoms with E-state index in [9.17, 15) is 4.79 Å². The fraction of sp³-hybridized carbons (Fsp3) is 0.250. The Balaban J connectivity index is 1.84. The number of hydrogen-bond acceptors (Lipinski definition) is 3. The first-order valence-corrected chi connectivity index (χ1v) is 8.15. The predicted molar refractivity (Wildman–Crippen MR) is 90.7 cm³/mol. The summed E-state index contributed by atoms with van der Waals surface area (Å²) in [6, 6.07) is 9.29. The molecule has 0 saturated carbocycles. The van der Waals surface area contributed by atoms with Crippen molar-refractivity contribution in [2.45, 2.75) is 19.9 Å². The molecule has 3 rings (SSSR count). The quantitative estimate of drug-likeness (QED) is 0.784. The third-order valence-electron chi connectivity index (χ3n) is 3.64. The molecule has 0 aliphatic carbocycles. The molecule has 0 fully saturated rings. The minimum atomic E-state index is -0.148. The van der Waals surface area contributed by atoms with Crippen molar-refractivity contribution in [1.29, 1.82) is 0 Å². The molecule has 0 radical (unpaired) electrons. The SMILES string of the molecule is Cc1nn(C)c2sc(C(=O)N[C@@H](C)c3ccccc3Cl)cc12. The van der Waals surface area contributed by atoms with Crippen LogP contribution in [0, 0.1) is 6.92 Å². The minimum Gasteiger partial charge on any atom is -0.345 e. The van der Waals surface area contributed by atoms with E-state index < -0.39 is 0 Å². The highest BCUT2D eigenvalue weighted by molar-refractivity contribution is 7.20. The largest absolute Gasteiger partial charge is 0.345 e. The summed E-state index contributed by atoms with van der Waals surface area (Å²) < 4.78 is 1.81. The van der Waals surface area contributed by atoms with Crippen molar-refractivity contribution in [3.05, 3.63) is 51.5 Å². The molecule has 1 amide bonds. The standard InChI is InChI=1S/C16H16ClN3OS/c1-9(11-6-4-5-7-13(11)17)18-15(21)14-8-12-10(2)19-20(3)16(12)22-14/h4-9H,1-3H3,(H,18,21)/t9-/m0/s1. The van der Waals surface area contributed by atoms with E-state index in [1.807, 2.05) is 55.9 Å². The minimum absolute atomic E-state index is 0.0898. The van der Waals surface area contributed by atoms with Crippen molar-refractivity contribution in [3.63, 3.8) is 0 Å². The number of benzene rings is 1. The lowest BCUT2D eigenvalue weighted by Gasteiger charge is -2.15. The summed E-state index contributed by atoms with van der Waals surface area (Å²) in [5, 5.41) is 9.04. The number of halogens is 1. The highest BCUT2D eigenvalue weighted by Crippen LogP contribution is 2.28. The normalized spacial score (nSPS) is 12.5. The number of carbonyl (C=O) groups excluding carboxylic acids is 1. The van der Waals surface area contributed by atoms with Gasteiger partial charge in [-0.25, -0.2) is 0 Å². The van der Waals surface area contributed by atoms with Crippen LogP contribution >= 0.6 is 22.9 Å². The van der Waals surface area contributed by atoms with E-state index in [0.29, 0.717) is 9.90 Å². The van der Waals surface area contributed by atoms with Gasteiger partial charge in [0.1, 0.15) is 4.83 Å². The van der Waals surface area contributed by atoms with Crippen molar-refractivity contribution < 1.29 is 4.79 Å². The molecule has 0 bridgehead atoms. The van der Waals surface area contributed by atoms with Gasteiger partial charge in [0.25, 0.3) is 5.91 Å². The maximum absolute atomic E-state index is 12.5. The number of fused-ring (bicyclic) bond motifs is 1. The highest BCUT2D eigenvalue weighted by atomic mass is 35.5. The predicted octanol–water partition coefficient (Wildman–Crippen LogP) is 4.09. The third-order valence-corrected chi connectivity index (χ3v) is 5.18. The lowest BCUT2D eigenvalue weighted by atomic mass is 10.1. The summed E-state index contributed by atoms with van der Waals surface area (Å²) >= 11 is 7.63. The van der Waals surface area contributed by atoms with E-state index in [-0.39, 0.29) is 11.9 Å². The maximum atomic E-state index is 12.5. The second-order valence-corrected chi connectivity index (χ2v) is 6.69. The number of nitrogens with zero attached hydrogens (tertiary/aromatic N) is 2. The van der Waals surface area contributed by atoms with E-state index in [0.717, 1.165) is 21.5 Å². The van der Waals surface area contributed by atoms with Gasteiger partial charge in [-0.05, 0) is 31.5 Å². The Morgan fingerprint density at radius 3 is 2.82 bits per heavy atom. The molecule has 4 nitrogen and oxygen atoms in total. The number of amides is 1. The molecule has 0 saturated heterocycles. The summed E-state index contributed by atoms with van der Waals surface area (Å²) in [4.78, 5) is 14.1. The van der Waals surface area contributed by atoms with Crippen molar-refractivity contribution in [2.75, 3.05) is 0 Å². The van der Waals surface area contributed by atoms with Crippen LogP contribution in [-0.4, -0.2) is 15.7 Å². The van der Waals surface area contributed by atoms with E-state index >= 15 is 0 Å². The number of hydrogen-bond donors (Lipinski definition) is 1. The smallest absolute Gasteiger partial charge is 0.261 e. The molecule has 6 heteroatoms. The third kappa shape index (κ3) is 2.62. The van der Waals surface area contributed by atoms with Crippen LogP contribution in [0.1, 0.15) is 33.9 Å². The van der Waals surface area contributed by atoms with E-state index in [1.165, 1.54) is 11.3 Å². The summed E-state index contributed by atoms with van der Waals surface area (Å²) in [5.74, 6) is -0.0898. The van der Waals surface area contributed by atoms with Crippen LogP contribution in [0.3, 0.4) is 0 Å². The van der Waals surface area contributed by atoms with Crippen molar-refractivity contribution in [3.8, 4) is 0 Å². The number of rotatable bonds is 3. The van der Waals surface area contributed by atoms with Crippen LogP contribution < -0.4 is 5.32 Å². The number of thiophene rings is 1. The van der Waals surface area contributed by atoms with Crippen molar-refractivity contribution in [2.24, 2.45) is 7.05 Å². The Morgan fingerprint density at radius 1 is 1.41 bits per heavy atom. The van der Waals surface area contributed by atoms with Gasteiger partial charge < -0.3 is 5.32 Å². The van der Waals surface area contributed by atoms with Crippen LogP contribution in [0.25, 0.3) is 10.2 Å². The Hall–Kier alpha value is -1.85. The molecule has 3 aromatic rings. The van der Waals surface area contributed by atoms with Crippen LogP contribution in [-0.2, 0) is 7.05 Å². The van der Waals surface area contributed by atoms with Crippen molar-refractivity contribution >= 4 is 39.1 Å². The van der Waals surface area contributed by atoms with Crippen LogP contribution in [0.2, 0.25) is 5.02 Å². The average molecular weight is 334 g/mol. The van der Waals surface area contributed by atoms with Gasteiger partial charge in [0.15, 0.2) is 0 Å². The molecule has 2 aromatic heterocycles. The topological polar surface area (TPSA) is 46.9 Å². The molecule has 0 aliphatic heterocycles. The molecule has 1 N–H and O–H groups in total. The van der Waals surface area contributed by atoms with Gasteiger partial charge in [0.2, 0.25) is 0 Å². The van der Waals surface area contributed by atoms with Gasteiger partial charge in [-0.15, -0.1) is 11.3 Å². The first kappa shape index (κ1) is 15.1. The second-order valence-electron chi connectivity index (χ2n) is 5.26. The number of carbonyl (C=O) groups is 1. The van der Waals surface area contributed by atoms with Crippen molar-refractivity contribution in [1.82, 2.24) is 15.1 Å². The molecule has 0 spiro atoms. The van der Waals surface area contributed by atoms with Crippen LogP contribution in [0.4, 0.5) is 0 Å². The Labute approximate surface area is 137 Å². The van der Waals surface area contributed by atoms with E-state index in [4.69, 9.17) is 11.6 Å². The molecule has 0 aliphatic rings. The Bertz CT molecular complexity index is 818. The van der Waals surface area contributed by atoms with E-state index in [2.05, 4.69) is 10.4 Å². The molecule has 0 unspecified atom stereocenters. The van der Waals surface area contributed by atoms with Gasteiger partial charge in [-0.3, -0.25) is 9.48 Å². The van der Waals surface area contributed by atoms with Gasteiger partial charge >= 0.3 is 0 Å².